The molecule has 0 bridgehead atoms. The molecule has 1 fully saturated rings. The second kappa shape index (κ2) is 9.95. The number of hydrogen-bond acceptors (Lipinski definition) is 6. The van der Waals surface area contributed by atoms with Crippen LogP contribution in [0, 0.1) is 5.82 Å². The zero-order chi connectivity index (χ0) is 19.9. The minimum atomic E-state index is -0.274. The lowest BCUT2D eigenvalue weighted by Crippen LogP contribution is -2.49. The number of halogens is 1. The summed E-state index contributed by atoms with van der Waals surface area (Å²) in [6.45, 7) is 9.22. The molecule has 0 saturated carbocycles. The van der Waals surface area contributed by atoms with Crippen LogP contribution in [0.5, 0.6) is 5.75 Å². The molecule has 2 aromatic rings. The molecule has 1 N–H and O–H groups in total. The third-order valence-electron chi connectivity index (χ3n) is 4.44. The molecule has 1 aromatic carbocycles. The van der Waals surface area contributed by atoms with Gasteiger partial charge in [0.1, 0.15) is 23.2 Å². The van der Waals surface area contributed by atoms with Crippen molar-refractivity contribution in [1.29, 1.82) is 0 Å². The van der Waals surface area contributed by atoms with Crippen molar-refractivity contribution in [2.75, 3.05) is 32.7 Å². The Morgan fingerprint density at radius 1 is 1.21 bits per heavy atom. The summed E-state index contributed by atoms with van der Waals surface area (Å²) < 4.78 is 18.6. The Morgan fingerprint density at radius 3 is 2.57 bits per heavy atom. The van der Waals surface area contributed by atoms with E-state index in [1.807, 2.05) is 13.8 Å². The van der Waals surface area contributed by atoms with Gasteiger partial charge in [0, 0.05) is 44.1 Å². The van der Waals surface area contributed by atoms with Crippen molar-refractivity contribution in [3.8, 4) is 5.75 Å². The van der Waals surface area contributed by atoms with Gasteiger partial charge in [0.2, 0.25) is 5.91 Å². The van der Waals surface area contributed by atoms with E-state index in [1.54, 1.807) is 23.5 Å². The highest BCUT2D eigenvalue weighted by Crippen LogP contribution is 2.17. The Morgan fingerprint density at radius 2 is 1.89 bits per heavy atom. The molecule has 152 valence electrons. The summed E-state index contributed by atoms with van der Waals surface area (Å²) in [6.07, 6.45) is 0. The van der Waals surface area contributed by atoms with E-state index in [9.17, 15) is 9.18 Å². The molecule has 8 heteroatoms. The maximum atomic E-state index is 12.9. The number of aromatic nitrogens is 1. The lowest BCUT2D eigenvalue weighted by atomic mass is 10.3. The van der Waals surface area contributed by atoms with Crippen molar-refractivity contribution < 1.29 is 13.9 Å². The number of carbonyl (C=O) groups is 1. The summed E-state index contributed by atoms with van der Waals surface area (Å²) in [6, 6.07) is 6.18. The molecule has 3 rings (SSSR count). The average molecular weight is 407 g/mol. The second-order valence-electron chi connectivity index (χ2n) is 7.25. The number of piperazine rings is 1. The van der Waals surface area contributed by atoms with Gasteiger partial charge in [0.05, 0.1) is 12.2 Å². The monoisotopic (exact) mass is 406 g/mol. The van der Waals surface area contributed by atoms with Crippen molar-refractivity contribution in [3.63, 3.8) is 0 Å². The van der Waals surface area contributed by atoms with E-state index >= 15 is 0 Å². The fourth-order valence-corrected chi connectivity index (χ4v) is 3.77. The van der Waals surface area contributed by atoms with Crippen LogP contribution in [-0.2, 0) is 17.9 Å². The lowest BCUT2D eigenvalue weighted by molar-refractivity contribution is -0.123. The smallest absolute Gasteiger partial charge is 0.234 e. The maximum Gasteiger partial charge on any atom is 0.234 e. The van der Waals surface area contributed by atoms with Gasteiger partial charge in [-0.05, 0) is 38.1 Å². The largest absolute Gasteiger partial charge is 0.486 e. The van der Waals surface area contributed by atoms with Gasteiger partial charge in [-0.15, -0.1) is 11.3 Å². The van der Waals surface area contributed by atoms with Crippen LogP contribution in [0.15, 0.2) is 29.6 Å². The van der Waals surface area contributed by atoms with Crippen molar-refractivity contribution in [2.45, 2.75) is 33.0 Å². The van der Waals surface area contributed by atoms with Crippen LogP contribution in [0.4, 0.5) is 4.39 Å². The Bertz CT molecular complexity index is 758. The molecule has 0 spiro atoms. The minimum absolute atomic E-state index is 0.0914. The van der Waals surface area contributed by atoms with Gasteiger partial charge in [0.15, 0.2) is 0 Å². The van der Waals surface area contributed by atoms with Gasteiger partial charge in [0.25, 0.3) is 0 Å². The molecule has 0 radical (unpaired) electrons. The van der Waals surface area contributed by atoms with E-state index in [2.05, 4.69) is 25.5 Å². The van der Waals surface area contributed by atoms with Crippen LogP contribution in [0.25, 0.3) is 0 Å². The van der Waals surface area contributed by atoms with Crippen LogP contribution in [0.3, 0.4) is 0 Å². The van der Waals surface area contributed by atoms with Gasteiger partial charge in [-0.3, -0.25) is 14.6 Å². The first-order valence-corrected chi connectivity index (χ1v) is 10.4. The summed E-state index contributed by atoms with van der Waals surface area (Å²) in [5.41, 5.74) is 1.04. The maximum absolute atomic E-state index is 12.9. The summed E-state index contributed by atoms with van der Waals surface area (Å²) in [7, 11) is 0. The fourth-order valence-electron chi connectivity index (χ4n) is 3.07. The molecule has 1 aromatic heterocycles. The predicted molar refractivity (Wildman–Crippen MR) is 108 cm³/mol. The van der Waals surface area contributed by atoms with E-state index in [-0.39, 0.29) is 17.8 Å². The van der Waals surface area contributed by atoms with Gasteiger partial charge in [-0.1, -0.05) is 0 Å². The number of benzene rings is 1. The lowest BCUT2D eigenvalue weighted by Gasteiger charge is -2.34. The van der Waals surface area contributed by atoms with Crippen molar-refractivity contribution in [3.05, 3.63) is 46.2 Å². The number of ether oxygens (including phenoxy) is 1. The highest BCUT2D eigenvalue weighted by Gasteiger charge is 2.20. The first kappa shape index (κ1) is 20.7. The molecular weight excluding hydrogens is 379 g/mol. The Labute approximate surface area is 169 Å². The van der Waals surface area contributed by atoms with Crippen LogP contribution >= 0.6 is 11.3 Å². The first-order chi connectivity index (χ1) is 13.5. The predicted octanol–water partition coefficient (Wildman–Crippen LogP) is 2.50. The molecule has 0 unspecified atom stereocenters. The number of amides is 1. The SMILES string of the molecule is CC(C)NC(=O)CN1CCN(Cc2csc(COc3ccc(F)cc3)n2)CC1. The van der Waals surface area contributed by atoms with Crippen molar-refractivity contribution in [1.82, 2.24) is 20.1 Å². The van der Waals surface area contributed by atoms with E-state index in [1.165, 1.54) is 12.1 Å². The molecule has 0 atom stereocenters. The zero-order valence-electron chi connectivity index (χ0n) is 16.4. The number of nitrogens with zero attached hydrogens (tertiary/aromatic N) is 3. The number of nitrogens with one attached hydrogen (secondary N) is 1. The van der Waals surface area contributed by atoms with Crippen LogP contribution < -0.4 is 10.1 Å². The van der Waals surface area contributed by atoms with E-state index in [4.69, 9.17) is 4.74 Å². The fraction of sp³-hybridized carbons (Fsp3) is 0.500. The third-order valence-corrected chi connectivity index (χ3v) is 5.31. The molecule has 1 saturated heterocycles. The molecule has 6 nitrogen and oxygen atoms in total. The number of carbonyl (C=O) groups excluding carboxylic acids is 1. The Hall–Kier alpha value is -2.03. The first-order valence-electron chi connectivity index (χ1n) is 9.53. The molecule has 1 aliphatic rings. The molecule has 1 aliphatic heterocycles. The summed E-state index contributed by atoms with van der Waals surface area (Å²) in [4.78, 5) is 21.1. The van der Waals surface area contributed by atoms with Gasteiger partial charge in [-0.25, -0.2) is 9.37 Å². The van der Waals surface area contributed by atoms with E-state index in [0.29, 0.717) is 18.9 Å². The molecular formula is C20H27FN4O2S. The standard InChI is InChI=1S/C20H27FN4O2S/c1-15(2)22-19(26)12-25-9-7-24(8-10-25)11-17-14-28-20(23-17)13-27-18-5-3-16(21)4-6-18/h3-6,14-15H,7-13H2,1-2H3,(H,22,26). The molecule has 1 amide bonds. The third kappa shape index (κ3) is 6.54. The van der Waals surface area contributed by atoms with E-state index in [0.717, 1.165) is 43.4 Å². The average Bonchev–Trinajstić information content (AvgIpc) is 3.09. The van der Waals surface area contributed by atoms with Gasteiger partial charge < -0.3 is 10.1 Å². The number of thiazole rings is 1. The topological polar surface area (TPSA) is 57.7 Å². The normalized spacial score (nSPS) is 15.7. The van der Waals surface area contributed by atoms with Gasteiger partial charge >= 0.3 is 0 Å². The Kier molecular flexibility index (Phi) is 7.36. The molecule has 28 heavy (non-hydrogen) atoms. The van der Waals surface area contributed by atoms with Crippen LogP contribution in [-0.4, -0.2) is 59.5 Å². The Balaban J connectivity index is 1.39. The number of hydrogen-bond donors (Lipinski definition) is 1. The van der Waals surface area contributed by atoms with Crippen molar-refractivity contribution in [2.24, 2.45) is 0 Å². The van der Waals surface area contributed by atoms with Crippen LogP contribution in [0.1, 0.15) is 24.5 Å². The zero-order valence-corrected chi connectivity index (χ0v) is 17.2. The van der Waals surface area contributed by atoms with E-state index < -0.39 is 0 Å². The molecule has 0 aliphatic carbocycles. The van der Waals surface area contributed by atoms with Gasteiger partial charge in [-0.2, -0.15) is 0 Å². The van der Waals surface area contributed by atoms with Crippen molar-refractivity contribution >= 4 is 17.2 Å². The minimum Gasteiger partial charge on any atom is -0.486 e. The highest BCUT2D eigenvalue weighted by atomic mass is 32.1. The quantitative estimate of drug-likeness (QED) is 0.730. The summed E-state index contributed by atoms with van der Waals surface area (Å²) in [5.74, 6) is 0.453. The number of rotatable bonds is 8. The molecule has 2 heterocycles. The highest BCUT2D eigenvalue weighted by molar-refractivity contribution is 7.09. The second-order valence-corrected chi connectivity index (χ2v) is 8.19. The van der Waals surface area contributed by atoms with Crippen LogP contribution in [0.2, 0.25) is 0 Å². The summed E-state index contributed by atoms with van der Waals surface area (Å²) >= 11 is 1.57. The summed E-state index contributed by atoms with van der Waals surface area (Å²) in [5, 5.41) is 5.90.